The molecule has 1 fully saturated rings. The van der Waals surface area contributed by atoms with E-state index in [0.29, 0.717) is 17.2 Å². The first kappa shape index (κ1) is 11.9. The van der Waals surface area contributed by atoms with Crippen LogP contribution < -0.4 is 5.32 Å². The molecule has 1 atom stereocenters. The molecule has 0 amide bonds. The molecule has 0 aliphatic carbocycles. The third kappa shape index (κ3) is 3.18. The molecule has 1 aliphatic rings. The Morgan fingerprint density at radius 2 is 2.41 bits per heavy atom. The lowest BCUT2D eigenvalue weighted by atomic mass is 10.1. The van der Waals surface area contributed by atoms with Crippen molar-refractivity contribution in [2.45, 2.75) is 12.8 Å². The molecule has 1 heterocycles. The van der Waals surface area contributed by atoms with E-state index in [9.17, 15) is 4.39 Å². The second-order valence-corrected chi connectivity index (χ2v) is 4.25. The van der Waals surface area contributed by atoms with Crippen molar-refractivity contribution in [2.24, 2.45) is 5.92 Å². The van der Waals surface area contributed by atoms with Crippen LogP contribution in [0.2, 0.25) is 0 Å². The number of hydrogen-bond donors (Lipinski definition) is 1. The molecule has 0 aromatic heterocycles. The van der Waals surface area contributed by atoms with Gasteiger partial charge in [-0.05, 0) is 37.0 Å². The number of halogens is 1. The highest BCUT2D eigenvalue weighted by atomic mass is 19.1. The summed E-state index contributed by atoms with van der Waals surface area (Å²) in [5, 5.41) is 12.1. The van der Waals surface area contributed by atoms with Crippen LogP contribution in [0.15, 0.2) is 18.2 Å². The molecule has 1 saturated heterocycles. The first-order chi connectivity index (χ1) is 8.29. The first-order valence-electron chi connectivity index (χ1n) is 5.81. The van der Waals surface area contributed by atoms with E-state index < -0.39 is 0 Å². The Balaban J connectivity index is 1.88. The third-order valence-electron chi connectivity index (χ3n) is 2.99. The van der Waals surface area contributed by atoms with Gasteiger partial charge in [-0.2, -0.15) is 5.26 Å². The lowest BCUT2D eigenvalue weighted by molar-refractivity contribution is 0.185. The number of anilines is 1. The van der Waals surface area contributed by atoms with Crippen LogP contribution in [0.3, 0.4) is 0 Å². The molecule has 4 heteroatoms. The third-order valence-corrected chi connectivity index (χ3v) is 2.99. The van der Waals surface area contributed by atoms with Gasteiger partial charge in [-0.25, -0.2) is 4.39 Å². The molecular weight excluding hydrogens is 219 g/mol. The second-order valence-electron chi connectivity index (χ2n) is 4.25. The summed E-state index contributed by atoms with van der Waals surface area (Å²) >= 11 is 0. The quantitative estimate of drug-likeness (QED) is 0.870. The highest BCUT2D eigenvalue weighted by molar-refractivity contribution is 5.57. The van der Waals surface area contributed by atoms with Gasteiger partial charge in [0.05, 0.1) is 11.3 Å². The summed E-state index contributed by atoms with van der Waals surface area (Å²) < 4.78 is 18.2. The first-order valence-corrected chi connectivity index (χ1v) is 5.81. The van der Waals surface area contributed by atoms with Crippen LogP contribution in [0.25, 0.3) is 0 Å². The smallest absolute Gasteiger partial charge is 0.124 e. The molecule has 1 aromatic carbocycles. The SMILES string of the molecule is N#Cc1cc(F)ccc1NCCC1CCOC1. The van der Waals surface area contributed by atoms with Crippen molar-refractivity contribution >= 4 is 5.69 Å². The predicted molar refractivity (Wildman–Crippen MR) is 63.1 cm³/mol. The van der Waals surface area contributed by atoms with Crippen LogP contribution in [0.4, 0.5) is 10.1 Å². The maximum Gasteiger partial charge on any atom is 0.124 e. The number of benzene rings is 1. The normalized spacial score (nSPS) is 18.9. The molecule has 3 nitrogen and oxygen atoms in total. The lowest BCUT2D eigenvalue weighted by Gasteiger charge is -2.10. The number of nitrogens with zero attached hydrogens (tertiary/aromatic N) is 1. The number of hydrogen-bond acceptors (Lipinski definition) is 3. The molecule has 1 unspecified atom stereocenters. The number of ether oxygens (including phenoxy) is 1. The van der Waals surface area contributed by atoms with Crippen molar-refractivity contribution in [3.05, 3.63) is 29.6 Å². The fraction of sp³-hybridized carbons (Fsp3) is 0.462. The zero-order valence-electron chi connectivity index (χ0n) is 9.58. The number of nitriles is 1. The highest BCUT2D eigenvalue weighted by Gasteiger charge is 2.14. The van der Waals surface area contributed by atoms with Gasteiger partial charge >= 0.3 is 0 Å². The van der Waals surface area contributed by atoms with E-state index in [1.807, 2.05) is 6.07 Å². The molecule has 0 bridgehead atoms. The summed E-state index contributed by atoms with van der Waals surface area (Å²) in [6.45, 7) is 2.47. The zero-order chi connectivity index (χ0) is 12.1. The predicted octanol–water partition coefficient (Wildman–Crippen LogP) is 2.54. The molecule has 0 saturated carbocycles. The summed E-state index contributed by atoms with van der Waals surface area (Å²) in [4.78, 5) is 0. The average molecular weight is 234 g/mol. The van der Waals surface area contributed by atoms with E-state index in [2.05, 4.69) is 5.32 Å². The molecule has 17 heavy (non-hydrogen) atoms. The van der Waals surface area contributed by atoms with Crippen LogP contribution in [-0.4, -0.2) is 19.8 Å². The summed E-state index contributed by atoms with van der Waals surface area (Å²) in [5.74, 6) is 0.227. The summed E-state index contributed by atoms with van der Waals surface area (Å²) in [6, 6.07) is 6.21. The molecule has 90 valence electrons. The van der Waals surface area contributed by atoms with E-state index in [0.717, 1.165) is 32.6 Å². The zero-order valence-corrected chi connectivity index (χ0v) is 9.58. The lowest BCUT2D eigenvalue weighted by Crippen LogP contribution is -2.09. The van der Waals surface area contributed by atoms with Gasteiger partial charge in [0.1, 0.15) is 11.9 Å². The van der Waals surface area contributed by atoms with Crippen LogP contribution in [0.1, 0.15) is 18.4 Å². The Kier molecular flexibility index (Phi) is 3.94. The number of nitrogens with one attached hydrogen (secondary N) is 1. The van der Waals surface area contributed by atoms with Gasteiger partial charge in [-0.3, -0.25) is 0 Å². The molecule has 1 aliphatic heterocycles. The van der Waals surface area contributed by atoms with Crippen LogP contribution in [0, 0.1) is 23.1 Å². The minimum atomic E-state index is -0.378. The maximum absolute atomic E-state index is 12.9. The molecule has 2 rings (SSSR count). The standard InChI is InChI=1S/C13H15FN2O/c14-12-1-2-13(11(7-12)8-15)16-5-3-10-4-6-17-9-10/h1-2,7,10,16H,3-6,9H2. The Labute approximate surface area is 100 Å². The molecular formula is C13H15FN2O. The van der Waals surface area contributed by atoms with E-state index in [1.165, 1.54) is 12.1 Å². The summed E-state index contributed by atoms with van der Waals surface area (Å²) in [7, 11) is 0. The Morgan fingerprint density at radius 3 is 3.12 bits per heavy atom. The van der Waals surface area contributed by atoms with Crippen molar-refractivity contribution in [2.75, 3.05) is 25.1 Å². The van der Waals surface area contributed by atoms with Gasteiger partial charge in [0.25, 0.3) is 0 Å². The van der Waals surface area contributed by atoms with E-state index in [-0.39, 0.29) is 5.82 Å². The Morgan fingerprint density at radius 1 is 1.53 bits per heavy atom. The molecule has 1 N–H and O–H groups in total. The summed E-state index contributed by atoms with van der Waals surface area (Å²) in [6.07, 6.45) is 2.12. The van der Waals surface area contributed by atoms with E-state index >= 15 is 0 Å². The Hall–Kier alpha value is -1.60. The van der Waals surface area contributed by atoms with Crippen molar-refractivity contribution in [1.82, 2.24) is 0 Å². The van der Waals surface area contributed by atoms with Crippen LogP contribution in [-0.2, 0) is 4.74 Å². The molecule has 0 spiro atoms. The van der Waals surface area contributed by atoms with Gasteiger partial charge in [0.15, 0.2) is 0 Å². The van der Waals surface area contributed by atoms with Gasteiger partial charge in [0.2, 0.25) is 0 Å². The Bertz CT molecular complexity index is 422. The van der Waals surface area contributed by atoms with Gasteiger partial charge < -0.3 is 10.1 Å². The average Bonchev–Trinajstić information content (AvgIpc) is 2.84. The minimum absolute atomic E-state index is 0.354. The maximum atomic E-state index is 12.9. The van der Waals surface area contributed by atoms with Crippen molar-refractivity contribution in [3.63, 3.8) is 0 Å². The fourth-order valence-electron chi connectivity index (χ4n) is 1.99. The van der Waals surface area contributed by atoms with Gasteiger partial charge in [-0.15, -0.1) is 0 Å². The molecule has 0 radical (unpaired) electrons. The highest BCUT2D eigenvalue weighted by Crippen LogP contribution is 2.19. The van der Waals surface area contributed by atoms with E-state index in [1.54, 1.807) is 6.07 Å². The molecule has 1 aromatic rings. The van der Waals surface area contributed by atoms with Crippen molar-refractivity contribution < 1.29 is 9.13 Å². The minimum Gasteiger partial charge on any atom is -0.384 e. The largest absolute Gasteiger partial charge is 0.384 e. The van der Waals surface area contributed by atoms with Crippen LogP contribution >= 0.6 is 0 Å². The van der Waals surface area contributed by atoms with Gasteiger partial charge in [0, 0.05) is 19.8 Å². The van der Waals surface area contributed by atoms with Crippen molar-refractivity contribution in [3.8, 4) is 6.07 Å². The fourth-order valence-corrected chi connectivity index (χ4v) is 1.99. The topological polar surface area (TPSA) is 45.0 Å². The summed E-state index contributed by atoms with van der Waals surface area (Å²) in [5.41, 5.74) is 1.06. The number of rotatable bonds is 4. The van der Waals surface area contributed by atoms with Crippen molar-refractivity contribution in [1.29, 1.82) is 5.26 Å². The van der Waals surface area contributed by atoms with Crippen LogP contribution in [0.5, 0.6) is 0 Å². The van der Waals surface area contributed by atoms with E-state index in [4.69, 9.17) is 10.00 Å². The second kappa shape index (κ2) is 5.65. The van der Waals surface area contributed by atoms with Gasteiger partial charge in [-0.1, -0.05) is 0 Å². The monoisotopic (exact) mass is 234 g/mol.